The van der Waals surface area contributed by atoms with E-state index in [-0.39, 0.29) is 29.3 Å². The van der Waals surface area contributed by atoms with Crippen LogP contribution in [0.3, 0.4) is 0 Å². The van der Waals surface area contributed by atoms with Crippen LogP contribution in [0.1, 0.15) is 15.9 Å². The van der Waals surface area contributed by atoms with Crippen LogP contribution in [-0.2, 0) is 6.61 Å². The van der Waals surface area contributed by atoms with Crippen molar-refractivity contribution in [2.24, 2.45) is 0 Å². The lowest BCUT2D eigenvalue weighted by Crippen LogP contribution is -2.04. The van der Waals surface area contributed by atoms with Gasteiger partial charge in [0.05, 0.1) is 11.1 Å². The summed E-state index contributed by atoms with van der Waals surface area (Å²) in [6, 6.07) is 11.3. The largest absolute Gasteiger partial charge is 0.485 e. The fourth-order valence-electron chi connectivity index (χ4n) is 2.35. The number of halogens is 2. The zero-order chi connectivity index (χ0) is 18.7. The summed E-state index contributed by atoms with van der Waals surface area (Å²) in [5.74, 6) is -2.20. The van der Waals surface area contributed by atoms with Crippen LogP contribution in [0.25, 0.3) is 11.1 Å². The summed E-state index contributed by atoms with van der Waals surface area (Å²) in [5, 5.41) is 8.94. The quantitative estimate of drug-likeness (QED) is 0.724. The van der Waals surface area contributed by atoms with E-state index in [1.54, 1.807) is 18.2 Å². The van der Waals surface area contributed by atoms with Crippen molar-refractivity contribution < 1.29 is 23.4 Å². The third-order valence-electron chi connectivity index (χ3n) is 3.78. The van der Waals surface area contributed by atoms with E-state index in [2.05, 4.69) is 4.98 Å². The van der Waals surface area contributed by atoms with E-state index in [4.69, 9.17) is 15.6 Å². The van der Waals surface area contributed by atoms with Crippen molar-refractivity contribution in [1.29, 1.82) is 0 Å². The molecule has 0 bridgehead atoms. The summed E-state index contributed by atoms with van der Waals surface area (Å²) in [4.78, 5) is 14.9. The van der Waals surface area contributed by atoms with Gasteiger partial charge in [0, 0.05) is 11.8 Å². The molecule has 0 aliphatic heterocycles. The summed E-state index contributed by atoms with van der Waals surface area (Å²) >= 11 is 0. The van der Waals surface area contributed by atoms with Gasteiger partial charge in [-0.05, 0) is 35.9 Å². The Morgan fingerprint density at radius 3 is 2.35 bits per heavy atom. The molecular weight excluding hydrogens is 342 g/mol. The molecule has 0 saturated carbocycles. The second kappa shape index (κ2) is 7.18. The van der Waals surface area contributed by atoms with E-state index < -0.39 is 17.6 Å². The average molecular weight is 356 g/mol. The lowest BCUT2D eigenvalue weighted by Gasteiger charge is -2.11. The molecular formula is C19H14F2N2O3. The van der Waals surface area contributed by atoms with Crippen molar-refractivity contribution in [2.45, 2.75) is 6.61 Å². The molecule has 1 heterocycles. The van der Waals surface area contributed by atoms with Gasteiger partial charge in [-0.15, -0.1) is 0 Å². The average Bonchev–Trinajstić information content (AvgIpc) is 2.63. The Morgan fingerprint density at radius 2 is 1.73 bits per heavy atom. The second-order valence-electron chi connectivity index (χ2n) is 5.48. The molecule has 0 radical (unpaired) electrons. The Hall–Kier alpha value is -3.48. The van der Waals surface area contributed by atoms with Crippen LogP contribution in [0.2, 0.25) is 0 Å². The lowest BCUT2D eigenvalue weighted by atomic mass is 10.1. The number of carboxylic acids is 1. The van der Waals surface area contributed by atoms with E-state index >= 15 is 0 Å². The lowest BCUT2D eigenvalue weighted by molar-refractivity contribution is 0.0697. The van der Waals surface area contributed by atoms with E-state index in [1.807, 2.05) is 0 Å². The summed E-state index contributed by atoms with van der Waals surface area (Å²) in [5.41, 5.74) is 7.04. The van der Waals surface area contributed by atoms with Crippen LogP contribution >= 0.6 is 0 Å². The first-order chi connectivity index (χ1) is 12.5. The Bertz CT molecular complexity index is 939. The molecule has 1 aromatic heterocycles. The molecule has 26 heavy (non-hydrogen) atoms. The number of nitrogens with two attached hydrogens (primary N) is 1. The predicted molar refractivity (Wildman–Crippen MR) is 91.7 cm³/mol. The number of carbonyl (C=O) groups is 1. The summed E-state index contributed by atoms with van der Waals surface area (Å²) in [7, 11) is 0. The number of anilines is 1. The number of nitrogens with zero attached hydrogens (tertiary/aromatic N) is 1. The molecule has 5 nitrogen and oxygen atoms in total. The molecule has 3 aromatic rings. The van der Waals surface area contributed by atoms with Crippen molar-refractivity contribution >= 4 is 11.8 Å². The molecule has 0 fully saturated rings. The zero-order valence-electron chi connectivity index (χ0n) is 13.4. The van der Waals surface area contributed by atoms with Gasteiger partial charge in [-0.2, -0.15) is 0 Å². The highest BCUT2D eigenvalue weighted by molar-refractivity contribution is 5.88. The van der Waals surface area contributed by atoms with Gasteiger partial charge in [0.15, 0.2) is 11.6 Å². The molecule has 0 unspecified atom stereocenters. The third-order valence-corrected chi connectivity index (χ3v) is 3.78. The molecule has 3 rings (SSSR count). The van der Waals surface area contributed by atoms with Gasteiger partial charge in [0.1, 0.15) is 18.2 Å². The third kappa shape index (κ3) is 3.61. The summed E-state index contributed by atoms with van der Waals surface area (Å²) in [6.45, 7) is -0.341. The maximum absolute atomic E-state index is 13.7. The Morgan fingerprint density at radius 1 is 1.08 bits per heavy atom. The van der Waals surface area contributed by atoms with Crippen molar-refractivity contribution in [3.63, 3.8) is 0 Å². The van der Waals surface area contributed by atoms with E-state index in [0.29, 0.717) is 11.1 Å². The van der Waals surface area contributed by atoms with Gasteiger partial charge < -0.3 is 15.6 Å². The SMILES string of the molecule is Nc1ncc(-c2ccc(C(=O)O)cc2)cc1OCc1c(F)cccc1F. The van der Waals surface area contributed by atoms with Crippen LogP contribution < -0.4 is 10.5 Å². The molecule has 2 aromatic carbocycles. The number of pyridine rings is 1. The minimum Gasteiger partial charge on any atom is -0.485 e. The molecule has 3 N–H and O–H groups in total. The van der Waals surface area contributed by atoms with E-state index in [9.17, 15) is 13.6 Å². The van der Waals surface area contributed by atoms with Crippen molar-refractivity contribution in [3.05, 3.63) is 77.5 Å². The molecule has 7 heteroatoms. The number of hydrogen-bond acceptors (Lipinski definition) is 4. The van der Waals surface area contributed by atoms with Gasteiger partial charge in [-0.3, -0.25) is 0 Å². The molecule has 0 saturated heterocycles. The Labute approximate surface area is 147 Å². The van der Waals surface area contributed by atoms with Crippen LogP contribution in [0, 0.1) is 11.6 Å². The molecule has 0 amide bonds. The smallest absolute Gasteiger partial charge is 0.335 e. The standard InChI is InChI=1S/C19H14F2N2O3/c20-15-2-1-3-16(21)14(15)10-26-17-8-13(9-23-18(17)22)11-4-6-12(7-5-11)19(24)25/h1-9H,10H2,(H2,22,23)(H,24,25). The van der Waals surface area contributed by atoms with Crippen molar-refractivity contribution in [2.75, 3.05) is 5.73 Å². The highest BCUT2D eigenvalue weighted by atomic mass is 19.1. The minimum atomic E-state index is -1.03. The number of hydrogen-bond donors (Lipinski definition) is 2. The minimum absolute atomic E-state index is 0.0765. The summed E-state index contributed by atoms with van der Waals surface area (Å²) in [6.07, 6.45) is 1.50. The van der Waals surface area contributed by atoms with Gasteiger partial charge in [-0.25, -0.2) is 18.6 Å². The first kappa shape index (κ1) is 17.3. The number of ether oxygens (including phenoxy) is 1. The number of rotatable bonds is 5. The first-order valence-corrected chi connectivity index (χ1v) is 7.60. The van der Waals surface area contributed by atoms with Gasteiger partial charge >= 0.3 is 5.97 Å². The van der Waals surface area contributed by atoms with E-state index in [1.165, 1.54) is 24.4 Å². The number of aromatic nitrogens is 1. The molecule has 0 spiro atoms. The molecule has 0 aliphatic carbocycles. The number of aromatic carboxylic acids is 1. The topological polar surface area (TPSA) is 85.4 Å². The maximum Gasteiger partial charge on any atom is 0.335 e. The zero-order valence-corrected chi connectivity index (χ0v) is 13.4. The molecule has 0 atom stereocenters. The van der Waals surface area contributed by atoms with Gasteiger partial charge in [0.2, 0.25) is 0 Å². The maximum atomic E-state index is 13.7. The Balaban J connectivity index is 1.85. The second-order valence-corrected chi connectivity index (χ2v) is 5.48. The fourth-order valence-corrected chi connectivity index (χ4v) is 2.35. The van der Waals surface area contributed by atoms with Crippen molar-refractivity contribution in [1.82, 2.24) is 4.98 Å². The normalized spacial score (nSPS) is 10.5. The number of nitrogen functional groups attached to an aromatic ring is 1. The van der Waals surface area contributed by atoms with Crippen LogP contribution in [0.4, 0.5) is 14.6 Å². The van der Waals surface area contributed by atoms with Gasteiger partial charge in [0.25, 0.3) is 0 Å². The fraction of sp³-hybridized carbons (Fsp3) is 0.0526. The first-order valence-electron chi connectivity index (χ1n) is 7.60. The number of carboxylic acid groups (broad SMARTS) is 1. The van der Waals surface area contributed by atoms with Crippen LogP contribution in [0.15, 0.2) is 54.7 Å². The van der Waals surface area contributed by atoms with Crippen LogP contribution in [-0.4, -0.2) is 16.1 Å². The summed E-state index contributed by atoms with van der Waals surface area (Å²) < 4.78 is 32.8. The molecule has 132 valence electrons. The Kier molecular flexibility index (Phi) is 4.79. The highest BCUT2D eigenvalue weighted by Gasteiger charge is 2.12. The van der Waals surface area contributed by atoms with E-state index in [0.717, 1.165) is 12.1 Å². The monoisotopic (exact) mass is 356 g/mol. The molecule has 0 aliphatic rings. The predicted octanol–water partition coefficient (Wildman–Crippen LogP) is 3.89. The number of benzene rings is 2. The van der Waals surface area contributed by atoms with Gasteiger partial charge in [-0.1, -0.05) is 18.2 Å². The highest BCUT2D eigenvalue weighted by Crippen LogP contribution is 2.28. The van der Waals surface area contributed by atoms with Crippen molar-refractivity contribution in [3.8, 4) is 16.9 Å². The van der Waals surface area contributed by atoms with Crippen LogP contribution in [0.5, 0.6) is 5.75 Å².